The number of carbonyl (C=O) groups excluding carboxylic acids is 3. The van der Waals surface area contributed by atoms with Gasteiger partial charge in [-0.3, -0.25) is 9.59 Å². The number of esters is 1. The third-order valence-corrected chi connectivity index (χ3v) is 3.03. The minimum atomic E-state index is -3.20. The first-order chi connectivity index (χ1) is 10.2. The minimum Gasteiger partial charge on any atom is -0.467 e. The number of ether oxygens (including phenoxy) is 1. The molecule has 0 aliphatic rings. The maximum atomic E-state index is 13.4. The van der Waals surface area contributed by atoms with Crippen LogP contribution in [-0.4, -0.2) is 56.0 Å². The molecule has 0 saturated carbocycles. The highest BCUT2D eigenvalue weighted by atomic mass is 19.3. The zero-order valence-corrected chi connectivity index (χ0v) is 12.5. The normalized spacial score (nSPS) is 14.9. The standard InChI is InChI=1S/C12H22F2N4O4/c1-7(17-8(19)5-15)3-4-12(10(13)14,11(21)22-2)18-9(20)6-16/h7,10H,3-6,15-16H2,1-2H3,(H,17,19)(H,18,20). The second kappa shape index (κ2) is 9.26. The number of hydrogen-bond acceptors (Lipinski definition) is 6. The van der Waals surface area contributed by atoms with Gasteiger partial charge in [0, 0.05) is 6.04 Å². The summed E-state index contributed by atoms with van der Waals surface area (Å²) in [6.07, 6.45) is -3.64. The summed E-state index contributed by atoms with van der Waals surface area (Å²) in [4.78, 5) is 34.2. The van der Waals surface area contributed by atoms with Crippen LogP contribution in [0.3, 0.4) is 0 Å². The molecule has 22 heavy (non-hydrogen) atoms. The smallest absolute Gasteiger partial charge is 0.337 e. The van der Waals surface area contributed by atoms with Crippen LogP contribution in [0.15, 0.2) is 0 Å². The number of nitrogens with two attached hydrogens (primary N) is 2. The van der Waals surface area contributed by atoms with E-state index in [9.17, 15) is 23.2 Å². The molecule has 8 nitrogen and oxygen atoms in total. The van der Waals surface area contributed by atoms with Crippen molar-refractivity contribution in [3.8, 4) is 0 Å². The van der Waals surface area contributed by atoms with Crippen molar-refractivity contribution >= 4 is 17.8 Å². The van der Waals surface area contributed by atoms with E-state index in [4.69, 9.17) is 11.5 Å². The van der Waals surface area contributed by atoms with E-state index in [0.717, 1.165) is 7.11 Å². The molecule has 2 unspecified atom stereocenters. The van der Waals surface area contributed by atoms with Crippen LogP contribution >= 0.6 is 0 Å². The highest BCUT2D eigenvalue weighted by Gasteiger charge is 2.49. The molecule has 2 atom stereocenters. The first kappa shape index (κ1) is 20.2. The Hall–Kier alpha value is -1.81. The van der Waals surface area contributed by atoms with Gasteiger partial charge in [-0.1, -0.05) is 0 Å². The number of methoxy groups -OCH3 is 1. The van der Waals surface area contributed by atoms with Crippen LogP contribution in [0.5, 0.6) is 0 Å². The topological polar surface area (TPSA) is 137 Å². The number of nitrogens with one attached hydrogen (secondary N) is 2. The highest BCUT2D eigenvalue weighted by Crippen LogP contribution is 2.24. The molecule has 0 aliphatic carbocycles. The van der Waals surface area contributed by atoms with E-state index in [-0.39, 0.29) is 13.0 Å². The molecular formula is C12H22F2N4O4. The van der Waals surface area contributed by atoms with Gasteiger partial charge >= 0.3 is 5.97 Å². The number of alkyl halides is 2. The van der Waals surface area contributed by atoms with E-state index in [0.29, 0.717) is 0 Å². The van der Waals surface area contributed by atoms with E-state index in [1.807, 2.05) is 5.32 Å². The Morgan fingerprint density at radius 2 is 1.73 bits per heavy atom. The molecule has 128 valence electrons. The molecule has 0 bridgehead atoms. The molecular weight excluding hydrogens is 302 g/mol. The van der Waals surface area contributed by atoms with E-state index in [2.05, 4.69) is 10.1 Å². The zero-order valence-electron chi connectivity index (χ0n) is 12.5. The largest absolute Gasteiger partial charge is 0.467 e. The van der Waals surface area contributed by atoms with Gasteiger partial charge in [-0.15, -0.1) is 0 Å². The maximum absolute atomic E-state index is 13.4. The highest BCUT2D eigenvalue weighted by molar-refractivity contribution is 5.89. The minimum absolute atomic E-state index is 0.00394. The van der Waals surface area contributed by atoms with Gasteiger partial charge < -0.3 is 26.8 Å². The van der Waals surface area contributed by atoms with E-state index < -0.39 is 48.8 Å². The second-order valence-corrected chi connectivity index (χ2v) is 4.73. The third kappa shape index (κ3) is 5.53. The van der Waals surface area contributed by atoms with Crippen LogP contribution in [0.1, 0.15) is 19.8 Å². The predicted octanol–water partition coefficient (Wildman–Crippen LogP) is -1.52. The lowest BCUT2D eigenvalue weighted by Crippen LogP contribution is -2.61. The van der Waals surface area contributed by atoms with Crippen LogP contribution in [0.4, 0.5) is 8.78 Å². The summed E-state index contributed by atoms with van der Waals surface area (Å²) in [6.45, 7) is 0.766. The summed E-state index contributed by atoms with van der Waals surface area (Å²) < 4.78 is 31.2. The van der Waals surface area contributed by atoms with Gasteiger partial charge in [0.15, 0.2) is 5.54 Å². The van der Waals surface area contributed by atoms with Gasteiger partial charge in [0.1, 0.15) is 0 Å². The molecule has 6 N–H and O–H groups in total. The Morgan fingerprint density at radius 3 is 2.14 bits per heavy atom. The zero-order chi connectivity index (χ0) is 17.3. The molecule has 0 aromatic heterocycles. The van der Waals surface area contributed by atoms with E-state index >= 15 is 0 Å². The van der Waals surface area contributed by atoms with Gasteiger partial charge in [0.05, 0.1) is 20.2 Å². The summed E-state index contributed by atoms with van der Waals surface area (Å²) in [5.41, 5.74) is 7.70. The molecule has 0 rings (SSSR count). The van der Waals surface area contributed by atoms with Crippen LogP contribution in [-0.2, 0) is 19.1 Å². The Bertz CT molecular complexity index is 409. The van der Waals surface area contributed by atoms with Crippen molar-refractivity contribution in [3.63, 3.8) is 0 Å². The van der Waals surface area contributed by atoms with Gasteiger partial charge in [0.2, 0.25) is 11.8 Å². The lowest BCUT2D eigenvalue weighted by atomic mass is 9.91. The molecule has 0 heterocycles. The fourth-order valence-electron chi connectivity index (χ4n) is 1.80. The summed E-state index contributed by atoms with van der Waals surface area (Å²) >= 11 is 0. The lowest BCUT2D eigenvalue weighted by molar-refractivity contribution is -0.159. The quantitative estimate of drug-likeness (QED) is 0.380. The Morgan fingerprint density at radius 1 is 1.18 bits per heavy atom. The number of rotatable bonds is 9. The monoisotopic (exact) mass is 324 g/mol. The van der Waals surface area contributed by atoms with Crippen LogP contribution < -0.4 is 22.1 Å². The molecule has 2 amide bonds. The number of carbonyl (C=O) groups is 3. The molecule has 0 aliphatic heterocycles. The average Bonchev–Trinajstić information content (AvgIpc) is 2.49. The maximum Gasteiger partial charge on any atom is 0.337 e. The average molecular weight is 324 g/mol. The van der Waals surface area contributed by atoms with Crippen molar-refractivity contribution in [2.75, 3.05) is 20.2 Å². The van der Waals surface area contributed by atoms with Crippen molar-refractivity contribution in [1.82, 2.24) is 10.6 Å². The van der Waals surface area contributed by atoms with Crippen molar-refractivity contribution < 1.29 is 27.9 Å². The number of amides is 2. The van der Waals surface area contributed by atoms with Crippen molar-refractivity contribution in [3.05, 3.63) is 0 Å². The number of hydrogen-bond donors (Lipinski definition) is 4. The van der Waals surface area contributed by atoms with Crippen LogP contribution in [0, 0.1) is 0 Å². The van der Waals surface area contributed by atoms with Crippen molar-refractivity contribution in [2.24, 2.45) is 11.5 Å². The van der Waals surface area contributed by atoms with Crippen molar-refractivity contribution in [1.29, 1.82) is 0 Å². The van der Waals surface area contributed by atoms with E-state index in [1.165, 1.54) is 0 Å². The first-order valence-electron chi connectivity index (χ1n) is 6.60. The van der Waals surface area contributed by atoms with Gasteiger partial charge in [-0.2, -0.15) is 0 Å². The van der Waals surface area contributed by atoms with E-state index in [1.54, 1.807) is 6.92 Å². The van der Waals surface area contributed by atoms with Crippen molar-refractivity contribution in [2.45, 2.75) is 37.8 Å². The fraction of sp³-hybridized carbons (Fsp3) is 0.750. The molecule has 0 fully saturated rings. The number of halogens is 2. The Labute approximate surface area is 126 Å². The molecule has 0 aromatic rings. The Kier molecular flexibility index (Phi) is 8.50. The van der Waals surface area contributed by atoms with Gasteiger partial charge in [-0.25, -0.2) is 13.6 Å². The van der Waals surface area contributed by atoms with Gasteiger partial charge in [0.25, 0.3) is 6.43 Å². The molecule has 10 heteroatoms. The summed E-state index contributed by atoms with van der Waals surface area (Å²) in [5.74, 6) is -2.65. The van der Waals surface area contributed by atoms with Gasteiger partial charge in [-0.05, 0) is 19.8 Å². The lowest BCUT2D eigenvalue weighted by Gasteiger charge is -2.32. The Balaban J connectivity index is 5.10. The molecule has 0 spiro atoms. The van der Waals surface area contributed by atoms with Crippen LogP contribution in [0.25, 0.3) is 0 Å². The predicted molar refractivity (Wildman–Crippen MR) is 73.8 cm³/mol. The molecule has 0 aromatic carbocycles. The molecule has 0 saturated heterocycles. The second-order valence-electron chi connectivity index (χ2n) is 4.73. The fourth-order valence-corrected chi connectivity index (χ4v) is 1.80. The van der Waals surface area contributed by atoms with Crippen LogP contribution in [0.2, 0.25) is 0 Å². The molecule has 0 radical (unpaired) electrons. The summed E-state index contributed by atoms with van der Waals surface area (Å²) in [6, 6.07) is -0.520. The summed E-state index contributed by atoms with van der Waals surface area (Å²) in [7, 11) is 0.938. The third-order valence-electron chi connectivity index (χ3n) is 3.03. The summed E-state index contributed by atoms with van der Waals surface area (Å²) in [5, 5.41) is 4.39. The SMILES string of the molecule is COC(=O)C(CCC(C)NC(=O)CN)(NC(=O)CN)C(F)F. The first-order valence-corrected chi connectivity index (χ1v) is 6.60.